The van der Waals surface area contributed by atoms with Crippen molar-refractivity contribution in [1.82, 2.24) is 9.80 Å². The number of amides is 2. The summed E-state index contributed by atoms with van der Waals surface area (Å²) >= 11 is 0. The molecule has 4 rings (SSSR count). The minimum atomic E-state index is 0.0109. The number of hydrogen-bond acceptors (Lipinski definition) is 4. The molecule has 166 valence electrons. The molecule has 2 aromatic rings. The van der Waals surface area contributed by atoms with Gasteiger partial charge in [0.2, 0.25) is 5.91 Å². The Morgan fingerprint density at radius 1 is 0.969 bits per heavy atom. The van der Waals surface area contributed by atoms with Crippen LogP contribution in [0.5, 0.6) is 0 Å². The molecule has 2 amide bonds. The second kappa shape index (κ2) is 10.4. The van der Waals surface area contributed by atoms with Crippen LogP contribution in [0.1, 0.15) is 53.6 Å². The van der Waals surface area contributed by atoms with Gasteiger partial charge in [-0.25, -0.2) is 0 Å². The highest BCUT2D eigenvalue weighted by molar-refractivity contribution is 5.97. The first-order valence-electron chi connectivity index (χ1n) is 11.5. The Morgan fingerprint density at radius 2 is 1.69 bits per heavy atom. The molecule has 6 heteroatoms. The van der Waals surface area contributed by atoms with Crippen LogP contribution >= 0.6 is 0 Å². The largest absolute Gasteiger partial charge is 0.336 e. The zero-order chi connectivity index (χ0) is 22.3. The number of benzene rings is 2. The van der Waals surface area contributed by atoms with Crippen molar-refractivity contribution in [2.24, 2.45) is 5.92 Å². The lowest BCUT2D eigenvalue weighted by Gasteiger charge is -2.34. The summed E-state index contributed by atoms with van der Waals surface area (Å²) in [6.45, 7) is 3.78. The van der Waals surface area contributed by atoms with E-state index in [1.807, 2.05) is 47.4 Å². The van der Waals surface area contributed by atoms with Gasteiger partial charge in [0.25, 0.3) is 5.91 Å². The highest BCUT2D eigenvalue weighted by atomic mass is 16.2. The lowest BCUT2D eigenvalue weighted by molar-refractivity contribution is -0.120. The maximum absolute atomic E-state index is 13.0. The molecule has 1 saturated carbocycles. The van der Waals surface area contributed by atoms with Gasteiger partial charge in [0.05, 0.1) is 11.6 Å². The van der Waals surface area contributed by atoms with Crippen molar-refractivity contribution in [2.75, 3.05) is 31.5 Å². The van der Waals surface area contributed by atoms with Crippen LogP contribution in [-0.2, 0) is 11.3 Å². The van der Waals surface area contributed by atoms with Crippen LogP contribution in [0.3, 0.4) is 0 Å². The molecule has 1 N–H and O–H groups in total. The summed E-state index contributed by atoms with van der Waals surface area (Å²) in [7, 11) is 0. The molecule has 0 radical (unpaired) electrons. The maximum atomic E-state index is 13.0. The molecule has 1 heterocycles. The number of nitrogens with one attached hydrogen (secondary N) is 1. The van der Waals surface area contributed by atoms with Crippen molar-refractivity contribution in [1.29, 1.82) is 5.26 Å². The standard InChI is InChI=1S/C26H30N4O2/c27-18-20-9-11-21(12-10-20)19-29-13-15-30(16-14-29)26(32)23-7-4-8-24(17-23)28-25(31)22-5-2-1-3-6-22/h4,7-12,17,22H,1-3,5-6,13-16,19H2,(H,28,31). The van der Waals surface area contributed by atoms with Crippen molar-refractivity contribution < 1.29 is 9.59 Å². The third-order valence-electron chi connectivity index (χ3n) is 6.50. The summed E-state index contributed by atoms with van der Waals surface area (Å²) in [4.78, 5) is 29.8. The Morgan fingerprint density at radius 3 is 2.38 bits per heavy atom. The summed E-state index contributed by atoms with van der Waals surface area (Å²) in [5, 5.41) is 11.9. The topological polar surface area (TPSA) is 76.4 Å². The number of rotatable bonds is 5. The summed E-state index contributed by atoms with van der Waals surface area (Å²) in [6.07, 6.45) is 5.37. The quantitative estimate of drug-likeness (QED) is 0.777. The Kier molecular flexibility index (Phi) is 7.18. The van der Waals surface area contributed by atoms with E-state index in [-0.39, 0.29) is 17.7 Å². The second-order valence-corrected chi connectivity index (χ2v) is 8.78. The minimum Gasteiger partial charge on any atom is -0.336 e. The first kappa shape index (κ1) is 22.0. The summed E-state index contributed by atoms with van der Waals surface area (Å²) in [5.41, 5.74) is 3.16. The SMILES string of the molecule is N#Cc1ccc(CN2CCN(C(=O)c3cccc(NC(=O)C4CCCCC4)c3)CC2)cc1. The molecular weight excluding hydrogens is 400 g/mol. The first-order chi connectivity index (χ1) is 15.6. The molecule has 0 aromatic heterocycles. The molecule has 1 saturated heterocycles. The summed E-state index contributed by atoms with van der Waals surface area (Å²) in [6, 6.07) is 17.1. The van der Waals surface area contributed by atoms with Crippen LogP contribution in [0.4, 0.5) is 5.69 Å². The number of anilines is 1. The van der Waals surface area contributed by atoms with Gasteiger partial charge in [-0.15, -0.1) is 0 Å². The van der Waals surface area contributed by atoms with E-state index in [1.165, 1.54) is 12.0 Å². The fourth-order valence-electron chi connectivity index (χ4n) is 4.57. The Bertz CT molecular complexity index is 982. The van der Waals surface area contributed by atoms with Gasteiger partial charge in [0.15, 0.2) is 0 Å². The third-order valence-corrected chi connectivity index (χ3v) is 6.50. The van der Waals surface area contributed by atoms with Gasteiger partial charge in [0, 0.05) is 49.9 Å². The molecule has 1 aliphatic carbocycles. The third kappa shape index (κ3) is 5.54. The van der Waals surface area contributed by atoms with Crippen molar-refractivity contribution in [3.05, 3.63) is 65.2 Å². The van der Waals surface area contributed by atoms with E-state index in [2.05, 4.69) is 16.3 Å². The first-order valence-corrected chi connectivity index (χ1v) is 11.5. The lowest BCUT2D eigenvalue weighted by Crippen LogP contribution is -2.48. The monoisotopic (exact) mass is 430 g/mol. The van der Waals surface area contributed by atoms with Crippen LogP contribution in [0.15, 0.2) is 48.5 Å². The highest BCUT2D eigenvalue weighted by Crippen LogP contribution is 2.25. The fraction of sp³-hybridized carbons (Fsp3) is 0.423. The van der Waals surface area contributed by atoms with Gasteiger partial charge in [-0.1, -0.05) is 37.5 Å². The van der Waals surface area contributed by atoms with Crippen molar-refractivity contribution in [2.45, 2.75) is 38.6 Å². The molecule has 0 unspecified atom stereocenters. The van der Waals surface area contributed by atoms with E-state index in [0.29, 0.717) is 29.9 Å². The highest BCUT2D eigenvalue weighted by Gasteiger charge is 2.24. The molecule has 2 aromatic carbocycles. The molecule has 32 heavy (non-hydrogen) atoms. The number of piperazine rings is 1. The molecule has 6 nitrogen and oxygen atoms in total. The number of nitrogens with zero attached hydrogens (tertiary/aromatic N) is 3. The van der Waals surface area contributed by atoms with Gasteiger partial charge in [-0.2, -0.15) is 5.26 Å². The number of hydrogen-bond donors (Lipinski definition) is 1. The van der Waals surface area contributed by atoms with Gasteiger partial charge in [-0.3, -0.25) is 14.5 Å². The van der Waals surface area contributed by atoms with Crippen LogP contribution in [-0.4, -0.2) is 47.8 Å². The number of carbonyl (C=O) groups is 2. The molecule has 0 atom stereocenters. The number of carbonyl (C=O) groups excluding carboxylic acids is 2. The van der Waals surface area contributed by atoms with Crippen LogP contribution in [0.25, 0.3) is 0 Å². The van der Waals surface area contributed by atoms with E-state index < -0.39 is 0 Å². The van der Waals surface area contributed by atoms with E-state index >= 15 is 0 Å². The Labute approximate surface area is 189 Å². The minimum absolute atomic E-state index is 0.0109. The molecule has 2 aliphatic rings. The van der Waals surface area contributed by atoms with Gasteiger partial charge in [0.1, 0.15) is 0 Å². The molecule has 2 fully saturated rings. The average Bonchev–Trinajstić information content (AvgIpc) is 2.85. The second-order valence-electron chi connectivity index (χ2n) is 8.78. The van der Waals surface area contributed by atoms with Gasteiger partial charge >= 0.3 is 0 Å². The Hall–Kier alpha value is -3.17. The van der Waals surface area contributed by atoms with Crippen molar-refractivity contribution >= 4 is 17.5 Å². The molecule has 0 bridgehead atoms. The van der Waals surface area contributed by atoms with E-state index in [4.69, 9.17) is 5.26 Å². The molecular formula is C26H30N4O2. The van der Waals surface area contributed by atoms with E-state index in [9.17, 15) is 9.59 Å². The summed E-state index contributed by atoms with van der Waals surface area (Å²) < 4.78 is 0. The fourth-order valence-corrected chi connectivity index (χ4v) is 4.57. The zero-order valence-electron chi connectivity index (χ0n) is 18.4. The van der Waals surface area contributed by atoms with Gasteiger partial charge < -0.3 is 10.2 Å². The lowest BCUT2D eigenvalue weighted by atomic mass is 9.88. The van der Waals surface area contributed by atoms with Crippen LogP contribution in [0.2, 0.25) is 0 Å². The van der Waals surface area contributed by atoms with Crippen molar-refractivity contribution in [3.8, 4) is 6.07 Å². The normalized spacial score (nSPS) is 17.5. The summed E-state index contributed by atoms with van der Waals surface area (Å²) in [5.74, 6) is 0.176. The van der Waals surface area contributed by atoms with Crippen LogP contribution < -0.4 is 5.32 Å². The van der Waals surface area contributed by atoms with Crippen molar-refractivity contribution in [3.63, 3.8) is 0 Å². The van der Waals surface area contributed by atoms with E-state index in [0.717, 1.165) is 45.3 Å². The smallest absolute Gasteiger partial charge is 0.254 e. The predicted octanol–water partition coefficient (Wildman–Crippen LogP) is 4.04. The number of nitriles is 1. The molecule has 1 aliphatic heterocycles. The average molecular weight is 431 g/mol. The molecule has 0 spiro atoms. The predicted molar refractivity (Wildman–Crippen MR) is 124 cm³/mol. The van der Waals surface area contributed by atoms with Crippen LogP contribution in [0, 0.1) is 17.2 Å². The Balaban J connectivity index is 1.30. The van der Waals surface area contributed by atoms with Gasteiger partial charge in [-0.05, 0) is 48.7 Å². The maximum Gasteiger partial charge on any atom is 0.254 e. The zero-order valence-corrected chi connectivity index (χ0v) is 18.4. The van der Waals surface area contributed by atoms with E-state index in [1.54, 1.807) is 6.07 Å².